The predicted octanol–water partition coefficient (Wildman–Crippen LogP) is 1.76. The van der Waals surface area contributed by atoms with Crippen LogP contribution in [0.5, 0.6) is 5.75 Å². The van der Waals surface area contributed by atoms with Gasteiger partial charge in [-0.25, -0.2) is 4.79 Å². The average molecular weight is 720 g/mol. The number of rotatable bonds is 26. The second kappa shape index (κ2) is 25.5. The third kappa shape index (κ3) is 20.1. The number of nitrogens with two attached hydrogens (primary N) is 1. The number of phenols is 1. The first-order valence-electron chi connectivity index (χ1n) is 18.1. The summed E-state index contributed by atoms with van der Waals surface area (Å²) >= 11 is 0. The zero-order valence-corrected chi connectivity index (χ0v) is 31.0. The Balaban J connectivity index is 3.05. The highest BCUT2D eigenvalue weighted by molar-refractivity contribution is 5.94. The van der Waals surface area contributed by atoms with E-state index in [0.717, 1.165) is 19.3 Å². The van der Waals surface area contributed by atoms with Gasteiger partial charge < -0.3 is 47.5 Å². The molecule has 1 aromatic carbocycles. The summed E-state index contributed by atoms with van der Waals surface area (Å²) in [5.74, 6) is -2.24. The van der Waals surface area contributed by atoms with E-state index in [9.17, 15) is 33.9 Å². The molecule has 0 heterocycles. The van der Waals surface area contributed by atoms with E-state index in [0.29, 0.717) is 38.2 Å². The molecular formula is C36H61N7O8. The number of primary amides is 1. The quantitative estimate of drug-likeness (QED) is 0.0656. The number of nitrogens with one attached hydrogen (secondary N) is 6. The van der Waals surface area contributed by atoms with Crippen LogP contribution < -0.4 is 37.6 Å². The van der Waals surface area contributed by atoms with Crippen LogP contribution in [0.4, 0.5) is 4.79 Å². The number of carbonyl (C=O) groups is 6. The molecule has 0 fully saturated rings. The summed E-state index contributed by atoms with van der Waals surface area (Å²) in [4.78, 5) is 76.2. The van der Waals surface area contributed by atoms with Gasteiger partial charge in [-0.2, -0.15) is 0 Å². The molecule has 4 atom stereocenters. The maximum absolute atomic E-state index is 13.8. The van der Waals surface area contributed by atoms with E-state index in [1.54, 1.807) is 26.0 Å². The Morgan fingerprint density at radius 1 is 0.745 bits per heavy atom. The van der Waals surface area contributed by atoms with Crippen LogP contribution in [0.25, 0.3) is 0 Å². The number of hydrogen-bond acceptors (Lipinski definition) is 8. The number of carbonyl (C=O) groups excluding carboxylic acids is 6. The molecule has 0 aliphatic carbocycles. The standard InChI is InChI=1S/C36H61N7O8/c1-6-8-9-13-31(46)43-32(24(3)4)35(49)41-28(12-10-18-39-36(37)50)34(48)42-29(21-26-14-16-27(44)17-15-26)33(47)40-22-25(5)23-51-20-19-38-30(45)11-7-2/h14-17,24-25,28-29,32,44H,6-13,18-23H2,1-5H3,(H,38,45)(H,40,47)(H,41,49)(H,42,48)(H,43,46)(H3,37,39,50)/t25?,28-,29-,32-/m0/s1. The van der Waals surface area contributed by atoms with Crippen molar-refractivity contribution in [3.05, 3.63) is 29.8 Å². The van der Waals surface area contributed by atoms with Gasteiger partial charge in [0.25, 0.3) is 0 Å². The fourth-order valence-electron chi connectivity index (χ4n) is 5.03. The van der Waals surface area contributed by atoms with Gasteiger partial charge in [-0.3, -0.25) is 24.0 Å². The molecule has 1 unspecified atom stereocenters. The number of amides is 7. The monoisotopic (exact) mass is 719 g/mol. The van der Waals surface area contributed by atoms with Crippen LogP contribution in [-0.2, 0) is 35.1 Å². The van der Waals surface area contributed by atoms with Crippen molar-refractivity contribution in [2.75, 3.05) is 32.8 Å². The van der Waals surface area contributed by atoms with Crippen LogP contribution in [0.1, 0.15) is 91.5 Å². The Morgan fingerprint density at radius 2 is 1.43 bits per heavy atom. The van der Waals surface area contributed by atoms with Crippen molar-refractivity contribution in [2.24, 2.45) is 17.6 Å². The Kier molecular flexibility index (Phi) is 22.3. The van der Waals surface area contributed by atoms with E-state index in [1.165, 1.54) is 12.1 Å². The van der Waals surface area contributed by atoms with Crippen molar-refractivity contribution in [1.82, 2.24) is 31.9 Å². The lowest BCUT2D eigenvalue weighted by Gasteiger charge is -2.27. The van der Waals surface area contributed by atoms with E-state index >= 15 is 0 Å². The number of urea groups is 1. The van der Waals surface area contributed by atoms with Crippen molar-refractivity contribution in [3.8, 4) is 5.75 Å². The molecule has 15 heteroatoms. The van der Waals surface area contributed by atoms with Crippen molar-refractivity contribution >= 4 is 35.6 Å². The summed E-state index contributed by atoms with van der Waals surface area (Å²) < 4.78 is 5.64. The van der Waals surface area contributed by atoms with E-state index in [2.05, 4.69) is 31.9 Å². The zero-order valence-electron chi connectivity index (χ0n) is 31.0. The maximum Gasteiger partial charge on any atom is 0.312 e. The van der Waals surface area contributed by atoms with Crippen LogP contribution in [0, 0.1) is 11.8 Å². The van der Waals surface area contributed by atoms with Gasteiger partial charge in [0.2, 0.25) is 29.5 Å². The molecule has 0 radical (unpaired) electrons. The summed E-state index contributed by atoms with van der Waals surface area (Å²) in [6, 6.07) is 2.46. The minimum atomic E-state index is -1.11. The van der Waals surface area contributed by atoms with Gasteiger partial charge in [-0.05, 0) is 55.2 Å². The molecule has 1 rings (SSSR count). The number of phenolic OH excluding ortho intramolecular Hbond substituents is 1. The van der Waals surface area contributed by atoms with Gasteiger partial charge >= 0.3 is 6.03 Å². The molecular weight excluding hydrogens is 658 g/mol. The predicted molar refractivity (Wildman–Crippen MR) is 194 cm³/mol. The van der Waals surface area contributed by atoms with E-state index < -0.39 is 41.9 Å². The van der Waals surface area contributed by atoms with Crippen LogP contribution in [0.3, 0.4) is 0 Å². The van der Waals surface area contributed by atoms with Crippen molar-refractivity contribution in [3.63, 3.8) is 0 Å². The summed E-state index contributed by atoms with van der Waals surface area (Å²) in [5, 5.41) is 26.2. The van der Waals surface area contributed by atoms with E-state index in [-0.39, 0.29) is 68.2 Å². The van der Waals surface area contributed by atoms with Crippen molar-refractivity contribution in [1.29, 1.82) is 0 Å². The minimum Gasteiger partial charge on any atom is -0.508 e. The second-order valence-corrected chi connectivity index (χ2v) is 13.2. The normalized spacial score (nSPS) is 13.3. The third-order valence-corrected chi connectivity index (χ3v) is 7.96. The molecule has 288 valence electrons. The van der Waals surface area contributed by atoms with Gasteiger partial charge in [0.15, 0.2) is 0 Å². The molecule has 0 saturated heterocycles. The molecule has 0 saturated carbocycles. The fraction of sp³-hybridized carbons (Fsp3) is 0.667. The average Bonchev–Trinajstić information content (AvgIpc) is 3.07. The van der Waals surface area contributed by atoms with Crippen LogP contribution >= 0.6 is 0 Å². The van der Waals surface area contributed by atoms with Gasteiger partial charge in [0.05, 0.1) is 13.2 Å². The molecule has 1 aromatic rings. The number of hydrogen-bond donors (Lipinski definition) is 8. The van der Waals surface area contributed by atoms with Gasteiger partial charge in [0, 0.05) is 38.9 Å². The smallest absolute Gasteiger partial charge is 0.312 e. The number of benzene rings is 1. The van der Waals surface area contributed by atoms with Crippen LogP contribution in [-0.4, -0.2) is 91.6 Å². The molecule has 0 spiro atoms. The van der Waals surface area contributed by atoms with Crippen LogP contribution in [0.15, 0.2) is 24.3 Å². The topological polar surface area (TPSA) is 230 Å². The number of ether oxygens (including phenoxy) is 1. The van der Waals surface area contributed by atoms with Gasteiger partial charge in [-0.15, -0.1) is 0 Å². The minimum absolute atomic E-state index is 0.0309. The highest BCUT2D eigenvalue weighted by Gasteiger charge is 2.31. The Hall–Kier alpha value is -4.40. The van der Waals surface area contributed by atoms with E-state index in [4.69, 9.17) is 10.5 Å². The molecule has 0 aliphatic heterocycles. The third-order valence-electron chi connectivity index (χ3n) is 7.96. The lowest BCUT2D eigenvalue weighted by atomic mass is 10.0. The fourth-order valence-corrected chi connectivity index (χ4v) is 5.03. The van der Waals surface area contributed by atoms with Crippen molar-refractivity contribution in [2.45, 2.75) is 111 Å². The molecule has 15 nitrogen and oxygen atoms in total. The van der Waals surface area contributed by atoms with Crippen molar-refractivity contribution < 1.29 is 38.6 Å². The van der Waals surface area contributed by atoms with Crippen LogP contribution in [0.2, 0.25) is 0 Å². The molecule has 0 aliphatic rings. The van der Waals surface area contributed by atoms with Gasteiger partial charge in [0.1, 0.15) is 23.9 Å². The summed E-state index contributed by atoms with van der Waals surface area (Å²) in [7, 11) is 0. The molecule has 9 N–H and O–H groups in total. The molecule has 0 aromatic heterocycles. The maximum atomic E-state index is 13.8. The number of aromatic hydroxyl groups is 1. The Morgan fingerprint density at radius 3 is 2.06 bits per heavy atom. The summed E-state index contributed by atoms with van der Waals surface area (Å²) in [6.07, 6.45) is 4.51. The molecule has 0 bridgehead atoms. The van der Waals surface area contributed by atoms with E-state index in [1.807, 2.05) is 20.8 Å². The second-order valence-electron chi connectivity index (χ2n) is 13.2. The number of unbranched alkanes of at least 4 members (excludes halogenated alkanes) is 2. The SMILES string of the molecule is CCCCCC(=O)N[C@H](C(=O)N[C@@H](CCCNC(N)=O)C(=O)N[C@@H](Cc1ccc(O)cc1)C(=O)NCC(C)COCCNC(=O)CCC)C(C)C. The Labute approximate surface area is 302 Å². The summed E-state index contributed by atoms with van der Waals surface area (Å²) in [6.45, 7) is 10.9. The lowest BCUT2D eigenvalue weighted by Crippen LogP contribution is -2.58. The first-order valence-corrected chi connectivity index (χ1v) is 18.1. The Bertz CT molecular complexity index is 1230. The summed E-state index contributed by atoms with van der Waals surface area (Å²) in [5.41, 5.74) is 5.86. The van der Waals surface area contributed by atoms with Gasteiger partial charge in [-0.1, -0.05) is 59.6 Å². The molecule has 51 heavy (non-hydrogen) atoms. The largest absolute Gasteiger partial charge is 0.508 e. The highest BCUT2D eigenvalue weighted by Crippen LogP contribution is 2.13. The zero-order chi connectivity index (χ0) is 38.2. The lowest BCUT2D eigenvalue weighted by molar-refractivity contribution is -0.134. The highest BCUT2D eigenvalue weighted by atomic mass is 16.5. The first kappa shape index (κ1) is 44.6. The molecule has 7 amide bonds. The first-order chi connectivity index (χ1) is 24.3.